The smallest absolute Gasteiger partial charge is 0.132 e. The maximum Gasteiger partial charge on any atom is 0.132 e. The summed E-state index contributed by atoms with van der Waals surface area (Å²) in [6.07, 6.45) is 1.99. The van der Waals surface area contributed by atoms with Crippen LogP contribution in [0.2, 0.25) is 0 Å². The van der Waals surface area contributed by atoms with Gasteiger partial charge in [-0.05, 0) is 36.1 Å². The minimum Gasteiger partial charge on any atom is -0.507 e. The number of aromatic nitrogens is 1. The lowest BCUT2D eigenvalue weighted by atomic mass is 10.0. The van der Waals surface area contributed by atoms with Gasteiger partial charge >= 0.3 is 0 Å². The second-order valence-corrected chi connectivity index (χ2v) is 8.07. The van der Waals surface area contributed by atoms with Gasteiger partial charge in [0.15, 0.2) is 0 Å². The average molecular weight is 423 g/mol. The van der Waals surface area contributed by atoms with Crippen molar-refractivity contribution in [2.24, 2.45) is 0 Å². The maximum absolute atomic E-state index is 10.5. The first kappa shape index (κ1) is 20.6. The standard InChI is InChI=1S/C24H26N2O3S/c1-30-22-9-5-4-8-21(22)29-13-12-25-15-17(27)14-16-10-11-20(28)23-18-6-2-3-7-19(18)26-24(16)23/h2-11,17,25-28H,12-15H2,1H3. The molecule has 0 fully saturated rings. The zero-order valence-corrected chi connectivity index (χ0v) is 17.7. The minimum absolute atomic E-state index is 0.251. The molecule has 0 saturated heterocycles. The summed E-state index contributed by atoms with van der Waals surface area (Å²) in [5, 5.41) is 25.9. The molecule has 0 saturated carbocycles. The van der Waals surface area contributed by atoms with E-state index in [9.17, 15) is 10.2 Å². The Kier molecular flexibility index (Phi) is 6.47. The number of nitrogens with one attached hydrogen (secondary N) is 2. The number of phenolic OH excluding ortho intramolecular Hbond substituents is 1. The number of ether oxygens (including phenoxy) is 1. The van der Waals surface area contributed by atoms with Crippen molar-refractivity contribution in [3.8, 4) is 11.5 Å². The molecule has 0 aliphatic carbocycles. The second kappa shape index (κ2) is 9.43. The van der Waals surface area contributed by atoms with E-state index in [4.69, 9.17) is 4.74 Å². The highest BCUT2D eigenvalue weighted by Gasteiger charge is 2.14. The van der Waals surface area contributed by atoms with Gasteiger partial charge in [0.25, 0.3) is 0 Å². The van der Waals surface area contributed by atoms with E-state index in [-0.39, 0.29) is 5.75 Å². The Morgan fingerprint density at radius 2 is 1.87 bits per heavy atom. The van der Waals surface area contributed by atoms with Crippen LogP contribution in [0.25, 0.3) is 21.8 Å². The molecule has 0 amide bonds. The molecule has 1 heterocycles. The Morgan fingerprint density at radius 1 is 1.07 bits per heavy atom. The molecule has 6 heteroatoms. The molecule has 0 spiro atoms. The van der Waals surface area contributed by atoms with E-state index < -0.39 is 6.10 Å². The molecule has 5 nitrogen and oxygen atoms in total. The molecule has 1 unspecified atom stereocenters. The molecule has 3 aromatic carbocycles. The van der Waals surface area contributed by atoms with E-state index in [1.807, 2.05) is 60.9 Å². The van der Waals surface area contributed by atoms with Gasteiger partial charge in [0.2, 0.25) is 0 Å². The van der Waals surface area contributed by atoms with Crippen LogP contribution in [0.3, 0.4) is 0 Å². The number of benzene rings is 3. The highest BCUT2D eigenvalue weighted by molar-refractivity contribution is 7.98. The zero-order valence-electron chi connectivity index (χ0n) is 16.9. The number of aliphatic hydroxyl groups is 1. The van der Waals surface area contributed by atoms with Crippen LogP contribution in [0.4, 0.5) is 0 Å². The summed E-state index contributed by atoms with van der Waals surface area (Å²) in [6.45, 7) is 1.66. The fourth-order valence-electron chi connectivity index (χ4n) is 3.73. The monoisotopic (exact) mass is 422 g/mol. The molecule has 1 aromatic heterocycles. The van der Waals surface area contributed by atoms with Crippen molar-refractivity contribution < 1.29 is 14.9 Å². The molecule has 0 radical (unpaired) electrons. The molecule has 4 aromatic rings. The average Bonchev–Trinajstić information content (AvgIpc) is 3.16. The van der Waals surface area contributed by atoms with Crippen molar-refractivity contribution in [3.63, 3.8) is 0 Å². The second-order valence-electron chi connectivity index (χ2n) is 7.23. The maximum atomic E-state index is 10.5. The fourth-order valence-corrected chi connectivity index (χ4v) is 4.27. The number of H-pyrrole nitrogens is 1. The third-order valence-electron chi connectivity index (χ3n) is 5.17. The van der Waals surface area contributed by atoms with Gasteiger partial charge in [-0.2, -0.15) is 0 Å². The van der Waals surface area contributed by atoms with E-state index in [0.29, 0.717) is 26.1 Å². The number of aromatic hydroxyl groups is 1. The summed E-state index contributed by atoms with van der Waals surface area (Å²) >= 11 is 1.66. The molecule has 0 bridgehead atoms. The van der Waals surface area contributed by atoms with Crippen LogP contribution < -0.4 is 10.1 Å². The Balaban J connectivity index is 1.34. The number of phenols is 1. The van der Waals surface area contributed by atoms with Gasteiger partial charge in [-0.3, -0.25) is 0 Å². The van der Waals surface area contributed by atoms with Crippen molar-refractivity contribution in [1.82, 2.24) is 10.3 Å². The summed E-state index contributed by atoms with van der Waals surface area (Å²) in [5.74, 6) is 1.14. The van der Waals surface area contributed by atoms with Gasteiger partial charge in [-0.15, -0.1) is 11.8 Å². The van der Waals surface area contributed by atoms with Crippen LogP contribution >= 0.6 is 11.8 Å². The predicted octanol–water partition coefficient (Wildman–Crippen LogP) is 4.32. The topological polar surface area (TPSA) is 77.5 Å². The SMILES string of the molecule is CSc1ccccc1OCCNCC(O)Cc1ccc(O)c2c1[nH]c1ccccc12. The number of hydrogen-bond donors (Lipinski definition) is 4. The van der Waals surface area contributed by atoms with Gasteiger partial charge < -0.3 is 25.3 Å². The molecule has 4 rings (SSSR count). The summed E-state index contributed by atoms with van der Waals surface area (Å²) in [6, 6.07) is 19.5. The summed E-state index contributed by atoms with van der Waals surface area (Å²) < 4.78 is 5.83. The van der Waals surface area contributed by atoms with Crippen molar-refractivity contribution >= 4 is 33.6 Å². The molecular weight excluding hydrogens is 396 g/mol. The number of aliphatic hydroxyl groups excluding tert-OH is 1. The third-order valence-corrected chi connectivity index (χ3v) is 5.94. The first-order valence-corrected chi connectivity index (χ1v) is 11.3. The number of para-hydroxylation sites is 2. The Hall–Kier alpha value is -2.67. The first-order chi connectivity index (χ1) is 14.7. The minimum atomic E-state index is -0.539. The van der Waals surface area contributed by atoms with E-state index >= 15 is 0 Å². The van der Waals surface area contributed by atoms with Crippen molar-refractivity contribution in [2.75, 3.05) is 26.0 Å². The number of rotatable bonds is 9. The van der Waals surface area contributed by atoms with Gasteiger partial charge in [-0.25, -0.2) is 0 Å². The van der Waals surface area contributed by atoms with E-state index in [2.05, 4.69) is 10.3 Å². The summed E-state index contributed by atoms with van der Waals surface area (Å²) in [5.41, 5.74) is 2.84. The quantitative estimate of drug-likeness (QED) is 0.239. The molecule has 4 N–H and O–H groups in total. The van der Waals surface area contributed by atoms with E-state index in [1.54, 1.807) is 17.8 Å². The van der Waals surface area contributed by atoms with Crippen molar-refractivity contribution in [3.05, 3.63) is 66.2 Å². The molecule has 0 aliphatic heterocycles. The van der Waals surface area contributed by atoms with Crippen LogP contribution in [0.5, 0.6) is 11.5 Å². The summed E-state index contributed by atoms with van der Waals surface area (Å²) in [4.78, 5) is 4.50. The van der Waals surface area contributed by atoms with Crippen LogP contribution in [-0.4, -0.2) is 47.3 Å². The van der Waals surface area contributed by atoms with Gasteiger partial charge in [0.05, 0.1) is 11.6 Å². The molecule has 1 atom stereocenters. The molecule has 0 aliphatic rings. The Morgan fingerprint density at radius 3 is 2.73 bits per heavy atom. The highest BCUT2D eigenvalue weighted by atomic mass is 32.2. The highest BCUT2D eigenvalue weighted by Crippen LogP contribution is 2.34. The Labute approximate surface area is 180 Å². The van der Waals surface area contributed by atoms with Crippen LogP contribution in [0, 0.1) is 0 Å². The number of fused-ring (bicyclic) bond motifs is 3. The Bertz CT molecular complexity index is 1140. The van der Waals surface area contributed by atoms with Crippen molar-refractivity contribution in [2.45, 2.75) is 17.4 Å². The third kappa shape index (κ3) is 4.41. The number of hydrogen-bond acceptors (Lipinski definition) is 5. The van der Waals surface area contributed by atoms with Crippen LogP contribution in [0.1, 0.15) is 5.56 Å². The van der Waals surface area contributed by atoms with E-state index in [1.165, 1.54) is 0 Å². The van der Waals surface area contributed by atoms with Gasteiger partial charge in [0, 0.05) is 40.7 Å². The lowest BCUT2D eigenvalue weighted by Crippen LogP contribution is -2.31. The largest absolute Gasteiger partial charge is 0.507 e. The number of aromatic amines is 1. The normalized spacial score (nSPS) is 12.5. The molecule has 156 valence electrons. The lowest BCUT2D eigenvalue weighted by Gasteiger charge is -2.14. The summed E-state index contributed by atoms with van der Waals surface area (Å²) in [7, 11) is 0. The fraction of sp³-hybridized carbons (Fsp3) is 0.250. The van der Waals surface area contributed by atoms with Crippen molar-refractivity contribution in [1.29, 1.82) is 0 Å². The first-order valence-electron chi connectivity index (χ1n) is 10.0. The predicted molar refractivity (Wildman–Crippen MR) is 124 cm³/mol. The van der Waals surface area contributed by atoms with Gasteiger partial charge in [0.1, 0.15) is 18.1 Å². The zero-order chi connectivity index (χ0) is 20.9. The molecular formula is C24H26N2O3S. The van der Waals surface area contributed by atoms with E-state index in [0.717, 1.165) is 38.0 Å². The van der Waals surface area contributed by atoms with Crippen LogP contribution in [0.15, 0.2) is 65.6 Å². The van der Waals surface area contributed by atoms with Gasteiger partial charge in [-0.1, -0.05) is 36.4 Å². The number of thioether (sulfide) groups is 1. The molecule has 30 heavy (non-hydrogen) atoms. The lowest BCUT2D eigenvalue weighted by molar-refractivity contribution is 0.169. The van der Waals surface area contributed by atoms with Crippen LogP contribution in [-0.2, 0) is 6.42 Å².